The normalized spacial score (nSPS) is 10.3. The van der Waals surface area contributed by atoms with Gasteiger partial charge in [-0.15, -0.1) is 6.58 Å². The molecule has 23 heavy (non-hydrogen) atoms. The number of phenolic OH excluding ortho intramolecular Hbond substituents is 1. The summed E-state index contributed by atoms with van der Waals surface area (Å²) in [6.45, 7) is 7.91. The van der Waals surface area contributed by atoms with E-state index in [-0.39, 0.29) is 5.75 Å². The van der Waals surface area contributed by atoms with E-state index in [0.29, 0.717) is 36.4 Å². The van der Waals surface area contributed by atoms with Gasteiger partial charge in [-0.3, -0.25) is 9.59 Å². The van der Waals surface area contributed by atoms with Crippen LogP contribution in [0.2, 0.25) is 0 Å². The summed E-state index contributed by atoms with van der Waals surface area (Å²) in [5.41, 5.74) is 3.37. The molecule has 0 saturated heterocycles. The fourth-order valence-electron chi connectivity index (χ4n) is 1.80. The second kappa shape index (κ2) is 9.24. The number of hydrogen-bond acceptors (Lipinski definition) is 5. The largest absolute Gasteiger partial charge is 0.504 e. The molecule has 124 valence electrons. The number of hydrogen-bond donors (Lipinski definition) is 3. The second-order valence-corrected chi connectivity index (χ2v) is 4.51. The molecular formula is C16H21N3O4. The van der Waals surface area contributed by atoms with E-state index in [1.165, 1.54) is 6.21 Å². The van der Waals surface area contributed by atoms with Gasteiger partial charge in [-0.25, -0.2) is 5.43 Å². The molecule has 2 amide bonds. The molecule has 0 aromatic heterocycles. The summed E-state index contributed by atoms with van der Waals surface area (Å²) >= 11 is 0. The van der Waals surface area contributed by atoms with Crippen LogP contribution in [0.1, 0.15) is 25.0 Å². The molecule has 0 aliphatic rings. The molecule has 0 bridgehead atoms. The van der Waals surface area contributed by atoms with Crippen LogP contribution in [-0.2, 0) is 16.0 Å². The molecule has 1 aromatic carbocycles. The SMILES string of the molecule is C=CCc1cc(/C=N/NC(=O)C(=O)NCC)cc(OCC)c1O. The number of amides is 2. The summed E-state index contributed by atoms with van der Waals surface area (Å²) in [7, 11) is 0. The van der Waals surface area contributed by atoms with Gasteiger partial charge in [-0.1, -0.05) is 6.08 Å². The molecular weight excluding hydrogens is 298 g/mol. The number of nitrogens with zero attached hydrogens (tertiary/aromatic N) is 1. The van der Waals surface area contributed by atoms with Crippen molar-refractivity contribution in [1.82, 2.24) is 10.7 Å². The zero-order valence-corrected chi connectivity index (χ0v) is 13.3. The van der Waals surface area contributed by atoms with Crippen LogP contribution in [0, 0.1) is 0 Å². The van der Waals surface area contributed by atoms with Gasteiger partial charge in [0.15, 0.2) is 11.5 Å². The molecule has 0 aliphatic carbocycles. The predicted molar refractivity (Wildman–Crippen MR) is 87.6 cm³/mol. The van der Waals surface area contributed by atoms with Crippen LogP contribution in [-0.4, -0.2) is 36.3 Å². The lowest BCUT2D eigenvalue weighted by Crippen LogP contribution is -2.37. The minimum atomic E-state index is -0.849. The summed E-state index contributed by atoms with van der Waals surface area (Å²) < 4.78 is 5.36. The van der Waals surface area contributed by atoms with Gasteiger partial charge in [0.1, 0.15) is 0 Å². The average Bonchev–Trinajstić information content (AvgIpc) is 2.52. The molecule has 3 N–H and O–H groups in total. The fourth-order valence-corrected chi connectivity index (χ4v) is 1.80. The Morgan fingerprint density at radius 1 is 1.35 bits per heavy atom. The third kappa shape index (κ3) is 5.46. The zero-order chi connectivity index (χ0) is 17.2. The van der Waals surface area contributed by atoms with E-state index in [0.717, 1.165) is 0 Å². The number of phenols is 1. The van der Waals surface area contributed by atoms with Crippen molar-refractivity contribution in [3.63, 3.8) is 0 Å². The molecule has 7 nitrogen and oxygen atoms in total. The Morgan fingerprint density at radius 3 is 2.70 bits per heavy atom. The molecule has 1 rings (SSSR count). The van der Waals surface area contributed by atoms with Crippen LogP contribution in [0.25, 0.3) is 0 Å². The smallest absolute Gasteiger partial charge is 0.329 e. The van der Waals surface area contributed by atoms with E-state index in [1.54, 1.807) is 32.1 Å². The molecule has 0 atom stereocenters. The second-order valence-electron chi connectivity index (χ2n) is 4.51. The standard InChI is InChI=1S/C16H21N3O4/c1-4-7-12-8-11(9-13(14(12)20)23-6-3)10-18-19-16(22)15(21)17-5-2/h4,8-10,20H,1,5-7H2,2-3H3,(H,17,21)(H,19,22)/b18-10+. The van der Waals surface area contributed by atoms with Crippen LogP contribution in [0.4, 0.5) is 0 Å². The highest BCUT2D eigenvalue weighted by atomic mass is 16.5. The lowest BCUT2D eigenvalue weighted by Gasteiger charge is -2.10. The Balaban J connectivity index is 2.90. The van der Waals surface area contributed by atoms with Crippen LogP contribution in [0.3, 0.4) is 0 Å². The highest BCUT2D eigenvalue weighted by Gasteiger charge is 2.11. The number of ether oxygens (including phenoxy) is 1. The summed E-state index contributed by atoms with van der Waals surface area (Å²) in [6, 6.07) is 3.29. The number of hydrazone groups is 1. The van der Waals surface area contributed by atoms with Crippen molar-refractivity contribution in [2.24, 2.45) is 5.10 Å². The molecule has 0 unspecified atom stereocenters. The minimum absolute atomic E-state index is 0.0512. The molecule has 0 saturated carbocycles. The lowest BCUT2D eigenvalue weighted by molar-refractivity contribution is -0.139. The maximum Gasteiger partial charge on any atom is 0.329 e. The van der Waals surface area contributed by atoms with E-state index in [2.05, 4.69) is 22.4 Å². The number of likely N-dealkylation sites (N-methyl/N-ethyl adjacent to an activating group) is 1. The van der Waals surface area contributed by atoms with Crippen LogP contribution < -0.4 is 15.5 Å². The molecule has 7 heteroatoms. The van der Waals surface area contributed by atoms with E-state index >= 15 is 0 Å². The monoisotopic (exact) mass is 319 g/mol. The Kier molecular flexibility index (Phi) is 7.32. The first-order valence-electron chi connectivity index (χ1n) is 7.24. The Bertz CT molecular complexity index is 612. The van der Waals surface area contributed by atoms with E-state index in [4.69, 9.17) is 4.74 Å². The van der Waals surface area contributed by atoms with Crippen molar-refractivity contribution < 1.29 is 19.4 Å². The third-order valence-electron chi connectivity index (χ3n) is 2.76. The van der Waals surface area contributed by atoms with Crippen LogP contribution >= 0.6 is 0 Å². The topological polar surface area (TPSA) is 100 Å². The van der Waals surface area contributed by atoms with Gasteiger partial charge in [-0.2, -0.15) is 5.10 Å². The highest BCUT2D eigenvalue weighted by Crippen LogP contribution is 2.31. The van der Waals surface area contributed by atoms with E-state index in [9.17, 15) is 14.7 Å². The Morgan fingerprint density at radius 2 is 2.09 bits per heavy atom. The zero-order valence-electron chi connectivity index (χ0n) is 13.3. The Hall–Kier alpha value is -2.83. The van der Waals surface area contributed by atoms with Crippen molar-refractivity contribution >= 4 is 18.0 Å². The van der Waals surface area contributed by atoms with Gasteiger partial charge >= 0.3 is 11.8 Å². The van der Waals surface area contributed by atoms with Crippen molar-refractivity contribution in [2.45, 2.75) is 20.3 Å². The van der Waals surface area contributed by atoms with Crippen molar-refractivity contribution in [1.29, 1.82) is 0 Å². The van der Waals surface area contributed by atoms with Crippen molar-refractivity contribution in [3.05, 3.63) is 35.9 Å². The van der Waals surface area contributed by atoms with Gasteiger partial charge in [-0.05, 0) is 38.0 Å². The first-order chi connectivity index (χ1) is 11.0. The summed E-state index contributed by atoms with van der Waals surface area (Å²) in [6.07, 6.45) is 3.48. The molecule has 0 heterocycles. The number of carbonyl (C=O) groups excluding carboxylic acids is 2. The van der Waals surface area contributed by atoms with Gasteiger partial charge in [0, 0.05) is 12.1 Å². The van der Waals surface area contributed by atoms with E-state index in [1.807, 2.05) is 0 Å². The molecule has 0 spiro atoms. The number of nitrogens with one attached hydrogen (secondary N) is 2. The molecule has 0 aliphatic heterocycles. The van der Waals surface area contributed by atoms with Crippen LogP contribution in [0.15, 0.2) is 29.9 Å². The number of rotatable bonds is 7. The maximum absolute atomic E-state index is 11.4. The summed E-state index contributed by atoms with van der Waals surface area (Å²) in [5.74, 6) is -1.23. The number of benzene rings is 1. The van der Waals surface area contributed by atoms with Gasteiger partial charge in [0.25, 0.3) is 0 Å². The molecule has 0 fully saturated rings. The van der Waals surface area contributed by atoms with E-state index < -0.39 is 11.8 Å². The minimum Gasteiger partial charge on any atom is -0.504 e. The number of aromatic hydroxyl groups is 1. The van der Waals surface area contributed by atoms with Crippen molar-refractivity contribution in [2.75, 3.05) is 13.2 Å². The number of allylic oxidation sites excluding steroid dienone is 1. The quantitative estimate of drug-likeness (QED) is 0.303. The van der Waals surface area contributed by atoms with Crippen LogP contribution in [0.5, 0.6) is 11.5 Å². The predicted octanol–water partition coefficient (Wildman–Crippen LogP) is 1.11. The lowest BCUT2D eigenvalue weighted by atomic mass is 10.1. The summed E-state index contributed by atoms with van der Waals surface area (Å²) in [4.78, 5) is 22.6. The molecule has 1 aromatic rings. The van der Waals surface area contributed by atoms with Gasteiger partial charge in [0.2, 0.25) is 0 Å². The third-order valence-corrected chi connectivity index (χ3v) is 2.76. The fraction of sp³-hybridized carbons (Fsp3) is 0.312. The average molecular weight is 319 g/mol. The maximum atomic E-state index is 11.4. The Labute approximate surface area is 135 Å². The molecule has 0 radical (unpaired) electrons. The van der Waals surface area contributed by atoms with Gasteiger partial charge < -0.3 is 15.2 Å². The first kappa shape index (κ1) is 18.2. The highest BCUT2D eigenvalue weighted by molar-refractivity contribution is 6.35. The van der Waals surface area contributed by atoms with Gasteiger partial charge in [0.05, 0.1) is 12.8 Å². The first-order valence-corrected chi connectivity index (χ1v) is 7.24. The number of carbonyl (C=O) groups is 2. The summed E-state index contributed by atoms with van der Waals surface area (Å²) in [5, 5.41) is 16.2. The van der Waals surface area contributed by atoms with Crippen molar-refractivity contribution in [3.8, 4) is 11.5 Å².